The van der Waals surface area contributed by atoms with Crippen LogP contribution in [-0.2, 0) is 11.2 Å². The van der Waals surface area contributed by atoms with Crippen molar-refractivity contribution in [3.8, 4) is 21.6 Å². The normalized spacial score (nSPS) is 11.8. The number of hydrogen-bond acceptors (Lipinski definition) is 4. The Balaban J connectivity index is 1.60. The molecule has 6 heteroatoms. The number of aromatic nitrogens is 1. The molecule has 30 heavy (non-hydrogen) atoms. The van der Waals surface area contributed by atoms with Crippen molar-refractivity contribution in [1.82, 2.24) is 4.98 Å². The SMILES string of the molecule is N[C@@H](Cc1ccccc1)C(=O)Nc1cc(-c2ccc(F)cc2)c(-c2ccncc2)s1. The Morgan fingerprint density at radius 1 is 1.00 bits per heavy atom. The zero-order valence-corrected chi connectivity index (χ0v) is 16.9. The van der Waals surface area contributed by atoms with Gasteiger partial charge >= 0.3 is 0 Å². The highest BCUT2D eigenvalue weighted by molar-refractivity contribution is 7.20. The van der Waals surface area contributed by atoms with E-state index >= 15 is 0 Å². The van der Waals surface area contributed by atoms with Gasteiger partial charge in [0, 0.05) is 22.8 Å². The van der Waals surface area contributed by atoms with Crippen LogP contribution in [0.5, 0.6) is 0 Å². The maximum absolute atomic E-state index is 13.4. The number of amides is 1. The molecule has 0 bridgehead atoms. The van der Waals surface area contributed by atoms with Crippen LogP contribution < -0.4 is 11.1 Å². The topological polar surface area (TPSA) is 68.0 Å². The summed E-state index contributed by atoms with van der Waals surface area (Å²) in [6, 6.07) is 21.1. The maximum atomic E-state index is 13.4. The van der Waals surface area contributed by atoms with Crippen LogP contribution in [0.2, 0.25) is 0 Å². The third-order valence-electron chi connectivity index (χ3n) is 4.71. The smallest absolute Gasteiger partial charge is 0.242 e. The molecule has 4 nitrogen and oxygen atoms in total. The van der Waals surface area contributed by atoms with Crippen LogP contribution in [0.15, 0.2) is 85.2 Å². The van der Waals surface area contributed by atoms with Gasteiger partial charge in [0.25, 0.3) is 0 Å². The third kappa shape index (κ3) is 4.62. The average molecular weight is 418 g/mol. The number of nitrogens with zero attached hydrogens (tertiary/aromatic N) is 1. The van der Waals surface area contributed by atoms with Gasteiger partial charge in [0.05, 0.1) is 11.0 Å². The van der Waals surface area contributed by atoms with Gasteiger partial charge < -0.3 is 11.1 Å². The monoisotopic (exact) mass is 417 g/mol. The van der Waals surface area contributed by atoms with Crippen molar-refractivity contribution in [1.29, 1.82) is 0 Å². The molecule has 0 aliphatic carbocycles. The van der Waals surface area contributed by atoms with Gasteiger partial charge in [-0.05, 0) is 53.4 Å². The number of halogens is 1. The molecule has 0 spiro atoms. The van der Waals surface area contributed by atoms with Crippen molar-refractivity contribution in [3.05, 3.63) is 96.6 Å². The summed E-state index contributed by atoms with van der Waals surface area (Å²) in [6.45, 7) is 0. The van der Waals surface area contributed by atoms with Gasteiger partial charge in [-0.3, -0.25) is 9.78 Å². The molecule has 4 aromatic rings. The minimum absolute atomic E-state index is 0.243. The molecular formula is C24H20FN3OS. The molecule has 4 rings (SSSR count). The van der Waals surface area contributed by atoms with Gasteiger partial charge in [-0.15, -0.1) is 11.3 Å². The first-order valence-electron chi connectivity index (χ1n) is 9.50. The van der Waals surface area contributed by atoms with Crippen molar-refractivity contribution >= 4 is 22.2 Å². The van der Waals surface area contributed by atoms with Crippen LogP contribution in [0.1, 0.15) is 5.56 Å². The predicted octanol–water partition coefficient (Wildman–Crippen LogP) is 5.12. The Labute approximate surface area is 178 Å². The Morgan fingerprint density at radius 3 is 2.40 bits per heavy atom. The molecule has 3 N–H and O–H groups in total. The molecule has 0 saturated carbocycles. The lowest BCUT2D eigenvalue weighted by atomic mass is 10.0. The lowest BCUT2D eigenvalue weighted by Crippen LogP contribution is -2.37. The van der Waals surface area contributed by atoms with Gasteiger partial charge in [0.15, 0.2) is 0 Å². The van der Waals surface area contributed by atoms with Crippen molar-refractivity contribution in [2.45, 2.75) is 12.5 Å². The minimum Gasteiger partial charge on any atom is -0.320 e. The van der Waals surface area contributed by atoms with Gasteiger partial charge in [0.2, 0.25) is 5.91 Å². The van der Waals surface area contributed by atoms with E-state index in [1.54, 1.807) is 24.5 Å². The van der Waals surface area contributed by atoms with Crippen LogP contribution in [0, 0.1) is 5.82 Å². The first-order valence-corrected chi connectivity index (χ1v) is 10.3. The molecule has 1 atom stereocenters. The first kappa shape index (κ1) is 19.9. The molecule has 0 radical (unpaired) electrons. The van der Waals surface area contributed by atoms with E-state index in [-0.39, 0.29) is 11.7 Å². The fraction of sp³-hybridized carbons (Fsp3) is 0.0833. The Morgan fingerprint density at radius 2 is 1.70 bits per heavy atom. The molecule has 2 heterocycles. The van der Waals surface area contributed by atoms with E-state index in [0.29, 0.717) is 11.4 Å². The third-order valence-corrected chi connectivity index (χ3v) is 5.81. The second kappa shape index (κ2) is 8.98. The molecule has 2 aromatic carbocycles. The van der Waals surface area contributed by atoms with Gasteiger partial charge in [-0.25, -0.2) is 4.39 Å². The van der Waals surface area contributed by atoms with E-state index in [2.05, 4.69) is 10.3 Å². The number of pyridine rings is 1. The number of nitrogens with one attached hydrogen (secondary N) is 1. The summed E-state index contributed by atoms with van der Waals surface area (Å²) in [5.74, 6) is -0.535. The van der Waals surface area contributed by atoms with Crippen LogP contribution in [0.4, 0.5) is 9.39 Å². The van der Waals surface area contributed by atoms with E-state index in [9.17, 15) is 9.18 Å². The number of carbonyl (C=O) groups is 1. The maximum Gasteiger partial charge on any atom is 0.242 e. The molecule has 0 aliphatic rings. The summed E-state index contributed by atoms with van der Waals surface area (Å²) in [6.07, 6.45) is 3.90. The highest BCUT2D eigenvalue weighted by Gasteiger charge is 2.18. The molecule has 0 saturated heterocycles. The van der Waals surface area contributed by atoms with E-state index in [4.69, 9.17) is 5.73 Å². The molecule has 0 unspecified atom stereocenters. The summed E-state index contributed by atoms with van der Waals surface area (Å²) in [7, 11) is 0. The number of benzene rings is 2. The van der Waals surface area contributed by atoms with Crippen molar-refractivity contribution in [3.63, 3.8) is 0 Å². The summed E-state index contributed by atoms with van der Waals surface area (Å²) >= 11 is 1.45. The van der Waals surface area contributed by atoms with Crippen molar-refractivity contribution in [2.24, 2.45) is 5.73 Å². The number of thiophene rings is 1. The minimum atomic E-state index is -0.659. The number of anilines is 1. The van der Waals surface area contributed by atoms with Crippen molar-refractivity contribution < 1.29 is 9.18 Å². The molecule has 1 amide bonds. The Bertz CT molecular complexity index is 1130. The lowest BCUT2D eigenvalue weighted by Gasteiger charge is -2.11. The van der Waals surface area contributed by atoms with E-state index in [1.807, 2.05) is 48.5 Å². The van der Waals surface area contributed by atoms with Gasteiger partial charge in [0.1, 0.15) is 5.82 Å². The number of carbonyl (C=O) groups excluding carboxylic acids is 1. The van der Waals surface area contributed by atoms with Gasteiger partial charge in [-0.1, -0.05) is 42.5 Å². The average Bonchev–Trinajstić information content (AvgIpc) is 3.19. The number of rotatable bonds is 6. The Hall–Kier alpha value is -3.35. The molecule has 2 aromatic heterocycles. The van der Waals surface area contributed by atoms with Crippen LogP contribution >= 0.6 is 11.3 Å². The molecular weight excluding hydrogens is 397 g/mol. The highest BCUT2D eigenvalue weighted by atomic mass is 32.1. The summed E-state index contributed by atoms with van der Waals surface area (Å²) < 4.78 is 13.4. The molecule has 0 aliphatic heterocycles. The summed E-state index contributed by atoms with van der Waals surface area (Å²) in [5, 5.41) is 3.63. The number of hydrogen-bond donors (Lipinski definition) is 2. The molecule has 150 valence electrons. The zero-order valence-electron chi connectivity index (χ0n) is 16.1. The second-order valence-electron chi connectivity index (χ2n) is 6.88. The van der Waals surface area contributed by atoms with Crippen molar-refractivity contribution in [2.75, 3.05) is 5.32 Å². The summed E-state index contributed by atoms with van der Waals surface area (Å²) in [5.41, 5.74) is 9.89. The summed E-state index contributed by atoms with van der Waals surface area (Å²) in [4.78, 5) is 17.7. The Kier molecular flexibility index (Phi) is 5.97. The second-order valence-corrected chi connectivity index (χ2v) is 7.93. The predicted molar refractivity (Wildman–Crippen MR) is 120 cm³/mol. The fourth-order valence-electron chi connectivity index (χ4n) is 3.19. The quantitative estimate of drug-likeness (QED) is 0.457. The largest absolute Gasteiger partial charge is 0.320 e. The number of nitrogens with two attached hydrogens (primary N) is 1. The van der Waals surface area contributed by atoms with Crippen LogP contribution in [-0.4, -0.2) is 16.9 Å². The zero-order chi connectivity index (χ0) is 20.9. The standard InChI is InChI=1S/C24H20FN3OS/c25-19-8-6-17(7-9-19)20-15-22(30-23(20)18-10-12-27-13-11-18)28-24(29)21(26)14-16-4-2-1-3-5-16/h1-13,15,21H,14,26H2,(H,28,29)/t21-/m0/s1. The molecule has 0 fully saturated rings. The van der Waals surface area contributed by atoms with Gasteiger partial charge in [-0.2, -0.15) is 0 Å². The highest BCUT2D eigenvalue weighted by Crippen LogP contribution is 2.41. The van der Waals surface area contributed by atoms with Crippen LogP contribution in [0.25, 0.3) is 21.6 Å². The van der Waals surface area contributed by atoms with Crippen LogP contribution in [0.3, 0.4) is 0 Å². The lowest BCUT2D eigenvalue weighted by molar-refractivity contribution is -0.117. The van der Waals surface area contributed by atoms with E-state index in [1.165, 1.54) is 23.5 Å². The fourth-order valence-corrected chi connectivity index (χ4v) is 4.28. The van der Waals surface area contributed by atoms with E-state index in [0.717, 1.165) is 27.1 Å². The van der Waals surface area contributed by atoms with E-state index < -0.39 is 6.04 Å². The first-order chi connectivity index (χ1) is 14.6.